The molecular formula is C10H12MgO4. The third kappa shape index (κ3) is 6.08. The Bertz CT molecular complexity index is 332. The molecule has 0 aliphatic carbocycles. The van der Waals surface area contributed by atoms with Crippen LogP contribution in [0.4, 0.5) is 0 Å². The molecule has 4 nitrogen and oxygen atoms in total. The topological polar surface area (TPSA) is 63.6 Å². The van der Waals surface area contributed by atoms with Gasteiger partial charge in [-0.2, -0.15) is 0 Å². The summed E-state index contributed by atoms with van der Waals surface area (Å²) in [5.74, 6) is -1.90. The van der Waals surface area contributed by atoms with Crippen LogP contribution >= 0.6 is 0 Å². The van der Waals surface area contributed by atoms with E-state index in [0.29, 0.717) is 0 Å². The third-order valence-corrected chi connectivity index (χ3v) is 1.54. The molecule has 0 radical (unpaired) electrons. The zero-order chi connectivity index (χ0) is 10.4. The van der Waals surface area contributed by atoms with Gasteiger partial charge in [-0.1, -0.05) is 30.3 Å². The summed E-state index contributed by atoms with van der Waals surface area (Å²) in [6, 6.07) is 9.09. The molecule has 78 valence electrons. The average Bonchev–Trinajstić information content (AvgIpc) is 2.15. The number of carboxylic acids is 1. The molecule has 0 saturated carbocycles. The normalized spacial score (nSPS) is 8.80. The van der Waals surface area contributed by atoms with E-state index in [0.717, 1.165) is 5.56 Å². The van der Waals surface area contributed by atoms with Crippen LogP contribution in [-0.4, -0.2) is 40.1 Å². The molecule has 1 aromatic rings. The van der Waals surface area contributed by atoms with Crippen LogP contribution in [0, 0.1) is 0 Å². The summed E-state index contributed by atoms with van der Waals surface area (Å²) in [6.45, 7) is 0.118. The maximum absolute atomic E-state index is 10.8. The van der Waals surface area contributed by atoms with Gasteiger partial charge < -0.3 is 12.7 Å². The molecule has 0 bridgehead atoms. The Balaban J connectivity index is -0.000000653. The monoisotopic (exact) mass is 220 g/mol. The van der Waals surface area contributed by atoms with Crippen molar-refractivity contribution in [3.05, 3.63) is 35.9 Å². The van der Waals surface area contributed by atoms with Crippen LogP contribution in [0.25, 0.3) is 0 Å². The molecule has 0 saturated heterocycles. The van der Waals surface area contributed by atoms with Crippen LogP contribution in [-0.2, 0) is 20.9 Å². The molecule has 5 heteroatoms. The van der Waals surface area contributed by atoms with Crippen LogP contribution < -0.4 is 0 Å². The van der Waals surface area contributed by atoms with Crippen LogP contribution in [0.1, 0.15) is 14.8 Å². The third-order valence-electron chi connectivity index (χ3n) is 1.54. The van der Waals surface area contributed by atoms with Crippen LogP contribution in [0.3, 0.4) is 0 Å². The standard InChI is InChI=1S/C10H10O4.Mg.2H/c11-9(12)6-10(13)14-7-8-4-2-1-3-5-8;;;/h1-5H,6-7H2,(H,11,12);;;/q;+2;2*-1. The van der Waals surface area contributed by atoms with E-state index in [-0.39, 0.29) is 32.5 Å². The SMILES string of the molecule is O=C(O)CC(=O)OCc1ccccc1.[H-].[H-].[Mg+2]. The quantitative estimate of drug-likeness (QED) is 0.468. The minimum Gasteiger partial charge on any atom is -1.00 e. The molecule has 1 aromatic carbocycles. The van der Waals surface area contributed by atoms with E-state index in [1.807, 2.05) is 18.2 Å². The van der Waals surface area contributed by atoms with Gasteiger partial charge >= 0.3 is 35.0 Å². The molecule has 1 N–H and O–H groups in total. The number of carboxylic acid groups (broad SMARTS) is 1. The largest absolute Gasteiger partial charge is 2.00 e. The Hall–Kier alpha value is -1.07. The Morgan fingerprint density at radius 1 is 1.27 bits per heavy atom. The summed E-state index contributed by atoms with van der Waals surface area (Å²) in [5.41, 5.74) is 0.839. The second-order valence-electron chi connectivity index (χ2n) is 2.72. The number of rotatable bonds is 4. The van der Waals surface area contributed by atoms with E-state index < -0.39 is 18.4 Å². The van der Waals surface area contributed by atoms with E-state index in [9.17, 15) is 9.59 Å². The first kappa shape index (κ1) is 13.9. The summed E-state index contributed by atoms with van der Waals surface area (Å²) in [6.07, 6.45) is -0.590. The van der Waals surface area contributed by atoms with Crippen LogP contribution in [0.2, 0.25) is 0 Å². The molecule has 0 heterocycles. The number of hydrogen-bond donors (Lipinski definition) is 1. The van der Waals surface area contributed by atoms with Crippen molar-refractivity contribution in [1.29, 1.82) is 0 Å². The van der Waals surface area contributed by atoms with Gasteiger partial charge in [0.15, 0.2) is 0 Å². The number of ether oxygens (including phenoxy) is 1. The predicted octanol–water partition coefficient (Wildman–Crippen LogP) is 1.05. The fraction of sp³-hybridized carbons (Fsp3) is 0.200. The number of esters is 1. The van der Waals surface area contributed by atoms with Crippen LogP contribution in [0.5, 0.6) is 0 Å². The van der Waals surface area contributed by atoms with Gasteiger partial charge in [-0.05, 0) is 5.56 Å². The van der Waals surface area contributed by atoms with Gasteiger partial charge in [0.1, 0.15) is 13.0 Å². The number of hydrogen-bond acceptors (Lipinski definition) is 3. The zero-order valence-electron chi connectivity index (χ0n) is 10.2. The maximum atomic E-state index is 10.8. The van der Waals surface area contributed by atoms with Gasteiger partial charge in [-0.15, -0.1) is 0 Å². The number of aliphatic carboxylic acids is 1. The van der Waals surface area contributed by atoms with Gasteiger partial charge in [0.25, 0.3) is 0 Å². The molecule has 15 heavy (non-hydrogen) atoms. The van der Waals surface area contributed by atoms with Crippen molar-refractivity contribution in [2.24, 2.45) is 0 Å². The van der Waals surface area contributed by atoms with Crippen molar-refractivity contribution in [3.63, 3.8) is 0 Å². The van der Waals surface area contributed by atoms with E-state index in [1.165, 1.54) is 0 Å². The molecule has 0 amide bonds. The second-order valence-corrected chi connectivity index (χ2v) is 2.72. The van der Waals surface area contributed by atoms with Crippen molar-refractivity contribution in [3.8, 4) is 0 Å². The van der Waals surface area contributed by atoms with Crippen molar-refractivity contribution in [2.75, 3.05) is 0 Å². The molecule has 1 rings (SSSR count). The fourth-order valence-electron chi connectivity index (χ4n) is 0.913. The van der Waals surface area contributed by atoms with Crippen molar-refractivity contribution >= 4 is 35.0 Å². The molecule has 0 unspecified atom stereocenters. The Labute approximate surface area is 106 Å². The first-order valence-electron chi connectivity index (χ1n) is 4.10. The minimum atomic E-state index is -1.18. The summed E-state index contributed by atoms with van der Waals surface area (Å²) in [7, 11) is 0. The summed E-state index contributed by atoms with van der Waals surface area (Å²) in [4.78, 5) is 20.9. The average molecular weight is 221 g/mol. The van der Waals surface area contributed by atoms with E-state index in [2.05, 4.69) is 0 Å². The predicted molar refractivity (Wildman–Crippen MR) is 56.5 cm³/mol. The molecule has 0 atom stereocenters. The molecule has 0 aliphatic rings. The van der Waals surface area contributed by atoms with Gasteiger partial charge in [0, 0.05) is 0 Å². The van der Waals surface area contributed by atoms with Gasteiger partial charge in [-0.25, -0.2) is 0 Å². The molecule has 0 aliphatic heterocycles. The number of carbonyl (C=O) groups is 2. The van der Waals surface area contributed by atoms with Gasteiger partial charge in [-0.3, -0.25) is 9.59 Å². The van der Waals surface area contributed by atoms with E-state index in [4.69, 9.17) is 9.84 Å². The van der Waals surface area contributed by atoms with E-state index >= 15 is 0 Å². The molecule has 0 fully saturated rings. The summed E-state index contributed by atoms with van der Waals surface area (Å²) < 4.78 is 4.72. The zero-order valence-corrected chi connectivity index (χ0v) is 9.59. The Morgan fingerprint density at radius 2 is 1.87 bits per heavy atom. The first-order chi connectivity index (χ1) is 6.68. The van der Waals surface area contributed by atoms with Gasteiger partial charge in [0.2, 0.25) is 0 Å². The number of benzene rings is 1. The smallest absolute Gasteiger partial charge is 1.00 e. The first-order valence-corrected chi connectivity index (χ1v) is 4.10. The Kier molecular flexibility index (Phi) is 6.73. The van der Waals surface area contributed by atoms with Crippen molar-refractivity contribution < 1.29 is 22.3 Å². The molecular weight excluding hydrogens is 208 g/mol. The summed E-state index contributed by atoms with van der Waals surface area (Å²) >= 11 is 0. The van der Waals surface area contributed by atoms with Crippen molar-refractivity contribution in [2.45, 2.75) is 13.0 Å². The Morgan fingerprint density at radius 3 is 2.40 bits per heavy atom. The summed E-state index contributed by atoms with van der Waals surface area (Å²) in [5, 5.41) is 8.28. The fourth-order valence-corrected chi connectivity index (χ4v) is 0.913. The van der Waals surface area contributed by atoms with Gasteiger partial charge in [0.05, 0.1) is 0 Å². The molecule has 0 aromatic heterocycles. The van der Waals surface area contributed by atoms with Crippen molar-refractivity contribution in [1.82, 2.24) is 0 Å². The second kappa shape index (κ2) is 7.25. The molecule has 0 spiro atoms. The maximum Gasteiger partial charge on any atom is 2.00 e. The number of carbonyl (C=O) groups excluding carboxylic acids is 1. The van der Waals surface area contributed by atoms with E-state index in [1.54, 1.807) is 12.1 Å². The minimum absolute atomic E-state index is 0. The van der Waals surface area contributed by atoms with Crippen LogP contribution in [0.15, 0.2) is 30.3 Å².